The van der Waals surface area contributed by atoms with Gasteiger partial charge in [0.2, 0.25) is 0 Å². The number of hydrogen-bond acceptors (Lipinski definition) is 8. The summed E-state index contributed by atoms with van der Waals surface area (Å²) < 4.78 is 20.3. The van der Waals surface area contributed by atoms with Crippen molar-refractivity contribution in [2.75, 3.05) is 34.0 Å². The smallest absolute Gasteiger partial charge is 0.345 e. The lowest BCUT2D eigenvalue weighted by atomic mass is 10.1. The largest absolute Gasteiger partial charge is 0.493 e. The van der Waals surface area contributed by atoms with Crippen LogP contribution in [0.4, 0.5) is 5.69 Å². The fourth-order valence-electron chi connectivity index (χ4n) is 2.48. The molecule has 1 aromatic rings. The number of nitro groups is 1. The second kappa shape index (κ2) is 8.99. The van der Waals surface area contributed by atoms with Crippen LogP contribution >= 0.6 is 0 Å². The van der Waals surface area contributed by atoms with Crippen LogP contribution in [0.15, 0.2) is 12.1 Å². The predicted molar refractivity (Wildman–Crippen MR) is 88.5 cm³/mol. The maximum absolute atomic E-state index is 12.2. The second-order valence-electron chi connectivity index (χ2n) is 5.50. The van der Waals surface area contributed by atoms with E-state index >= 15 is 0 Å². The minimum absolute atomic E-state index is 0.0402. The monoisotopic (exact) mass is 368 g/mol. The van der Waals surface area contributed by atoms with Gasteiger partial charge in [0.15, 0.2) is 18.1 Å². The first-order chi connectivity index (χ1) is 12.5. The number of amides is 1. The van der Waals surface area contributed by atoms with Gasteiger partial charge in [-0.05, 0) is 12.8 Å². The second-order valence-corrected chi connectivity index (χ2v) is 5.50. The Morgan fingerprint density at radius 3 is 2.58 bits per heavy atom. The summed E-state index contributed by atoms with van der Waals surface area (Å²) in [6.07, 6.45) is 1.76. The lowest BCUT2D eigenvalue weighted by Crippen LogP contribution is -2.34. The molecular formula is C16H20N2O8. The Hall–Kier alpha value is -2.88. The van der Waals surface area contributed by atoms with Gasteiger partial charge in [-0.15, -0.1) is 0 Å². The van der Waals surface area contributed by atoms with E-state index in [1.807, 2.05) is 0 Å². The highest BCUT2D eigenvalue weighted by Gasteiger charge is 2.26. The number of benzene rings is 1. The Kier molecular flexibility index (Phi) is 6.73. The third-order valence-corrected chi connectivity index (χ3v) is 3.80. The van der Waals surface area contributed by atoms with Crippen molar-refractivity contribution in [1.82, 2.24) is 5.32 Å². The van der Waals surface area contributed by atoms with E-state index in [1.165, 1.54) is 14.2 Å². The molecule has 0 spiro atoms. The van der Waals surface area contributed by atoms with Crippen molar-refractivity contribution < 1.29 is 33.5 Å². The maximum Gasteiger partial charge on any atom is 0.345 e. The Morgan fingerprint density at radius 2 is 2.00 bits per heavy atom. The van der Waals surface area contributed by atoms with Crippen LogP contribution in [-0.4, -0.2) is 56.9 Å². The first kappa shape index (κ1) is 19.4. The summed E-state index contributed by atoms with van der Waals surface area (Å²) in [6, 6.07) is 2.20. The number of methoxy groups -OCH3 is 2. The number of carbonyl (C=O) groups excluding carboxylic acids is 2. The van der Waals surface area contributed by atoms with Crippen LogP contribution in [0.2, 0.25) is 0 Å². The number of nitrogens with zero attached hydrogens (tertiary/aromatic N) is 1. The summed E-state index contributed by atoms with van der Waals surface area (Å²) in [4.78, 5) is 34.4. The quantitative estimate of drug-likeness (QED) is 0.410. The van der Waals surface area contributed by atoms with Crippen molar-refractivity contribution in [3.8, 4) is 11.5 Å². The molecule has 1 aliphatic rings. The molecule has 1 heterocycles. The standard InChI is InChI=1S/C16H20N2O8/c1-23-13-6-11(12(18(21)22)7-14(13)24-2)16(20)26-9-15(19)17-8-10-4-3-5-25-10/h6-7,10H,3-5,8-9H2,1-2H3,(H,17,19)/t10-/m0/s1. The van der Waals surface area contributed by atoms with Crippen LogP contribution in [0.25, 0.3) is 0 Å². The van der Waals surface area contributed by atoms with E-state index in [0.717, 1.165) is 25.0 Å². The molecule has 1 amide bonds. The van der Waals surface area contributed by atoms with E-state index in [9.17, 15) is 19.7 Å². The van der Waals surface area contributed by atoms with Gasteiger partial charge >= 0.3 is 5.97 Å². The number of esters is 1. The number of carbonyl (C=O) groups is 2. The Bertz CT molecular complexity index is 685. The molecule has 1 aliphatic heterocycles. The molecule has 0 bridgehead atoms. The van der Waals surface area contributed by atoms with E-state index in [4.69, 9.17) is 18.9 Å². The van der Waals surface area contributed by atoms with Crippen molar-refractivity contribution in [1.29, 1.82) is 0 Å². The number of rotatable bonds is 8. The molecule has 1 saturated heterocycles. The molecule has 26 heavy (non-hydrogen) atoms. The fraction of sp³-hybridized carbons (Fsp3) is 0.500. The molecule has 0 radical (unpaired) electrons. The molecule has 1 aromatic carbocycles. The number of hydrogen-bond donors (Lipinski definition) is 1. The van der Waals surface area contributed by atoms with Gasteiger partial charge in [-0.1, -0.05) is 0 Å². The Morgan fingerprint density at radius 1 is 1.31 bits per heavy atom. The van der Waals surface area contributed by atoms with Crippen molar-refractivity contribution in [3.05, 3.63) is 27.8 Å². The highest BCUT2D eigenvalue weighted by molar-refractivity contribution is 5.96. The highest BCUT2D eigenvalue weighted by atomic mass is 16.6. The van der Waals surface area contributed by atoms with Crippen LogP contribution in [0.5, 0.6) is 11.5 Å². The third-order valence-electron chi connectivity index (χ3n) is 3.80. The van der Waals surface area contributed by atoms with Gasteiger partial charge in [-0.3, -0.25) is 14.9 Å². The summed E-state index contributed by atoms with van der Waals surface area (Å²) in [6.45, 7) is 0.433. The number of ether oxygens (including phenoxy) is 4. The normalized spacial score (nSPS) is 16.0. The van der Waals surface area contributed by atoms with Crippen LogP contribution in [0.1, 0.15) is 23.2 Å². The van der Waals surface area contributed by atoms with Gasteiger partial charge in [-0.2, -0.15) is 0 Å². The van der Waals surface area contributed by atoms with Gasteiger partial charge in [-0.25, -0.2) is 4.79 Å². The molecule has 142 valence electrons. The summed E-state index contributed by atoms with van der Waals surface area (Å²) >= 11 is 0. The maximum atomic E-state index is 12.2. The molecule has 0 unspecified atom stereocenters. The molecular weight excluding hydrogens is 348 g/mol. The molecule has 10 nitrogen and oxygen atoms in total. The molecule has 2 rings (SSSR count). The van der Waals surface area contributed by atoms with Gasteiger partial charge in [0.1, 0.15) is 5.56 Å². The zero-order valence-electron chi connectivity index (χ0n) is 14.5. The van der Waals surface area contributed by atoms with E-state index in [0.29, 0.717) is 13.2 Å². The molecule has 0 aliphatic carbocycles. The molecule has 10 heteroatoms. The Labute approximate surface area is 149 Å². The molecule has 0 aromatic heterocycles. The van der Waals surface area contributed by atoms with E-state index in [1.54, 1.807) is 0 Å². The zero-order chi connectivity index (χ0) is 19.1. The van der Waals surface area contributed by atoms with Crippen LogP contribution in [0.3, 0.4) is 0 Å². The van der Waals surface area contributed by atoms with Crippen molar-refractivity contribution in [3.63, 3.8) is 0 Å². The number of nitrogens with one attached hydrogen (secondary N) is 1. The lowest BCUT2D eigenvalue weighted by molar-refractivity contribution is -0.385. The zero-order valence-corrected chi connectivity index (χ0v) is 14.5. The van der Waals surface area contributed by atoms with Crippen LogP contribution < -0.4 is 14.8 Å². The van der Waals surface area contributed by atoms with E-state index < -0.39 is 29.1 Å². The van der Waals surface area contributed by atoms with Crippen molar-refractivity contribution >= 4 is 17.6 Å². The average molecular weight is 368 g/mol. The first-order valence-corrected chi connectivity index (χ1v) is 7.92. The Balaban J connectivity index is 2.01. The third kappa shape index (κ3) is 4.82. The minimum atomic E-state index is -1.01. The van der Waals surface area contributed by atoms with Gasteiger partial charge in [0.05, 0.1) is 31.3 Å². The van der Waals surface area contributed by atoms with Crippen molar-refractivity contribution in [2.45, 2.75) is 18.9 Å². The van der Waals surface area contributed by atoms with E-state index in [-0.39, 0.29) is 23.2 Å². The summed E-state index contributed by atoms with van der Waals surface area (Å²) in [5.74, 6) is -1.29. The van der Waals surface area contributed by atoms with Gasteiger partial charge in [0.25, 0.3) is 11.6 Å². The predicted octanol–water partition coefficient (Wildman–Crippen LogP) is 1.06. The lowest BCUT2D eigenvalue weighted by Gasteiger charge is -2.12. The molecule has 1 atom stereocenters. The summed E-state index contributed by atoms with van der Waals surface area (Å²) in [7, 11) is 2.65. The molecule has 1 fully saturated rings. The van der Waals surface area contributed by atoms with Gasteiger partial charge in [0, 0.05) is 19.2 Å². The van der Waals surface area contributed by atoms with Crippen molar-refractivity contribution in [2.24, 2.45) is 0 Å². The molecule has 1 N–H and O–H groups in total. The SMILES string of the molecule is COc1cc(C(=O)OCC(=O)NC[C@@H]2CCCO2)c([N+](=O)[O-])cc1OC. The number of nitro benzene ring substituents is 1. The average Bonchev–Trinajstić information content (AvgIpc) is 3.16. The fourth-order valence-corrected chi connectivity index (χ4v) is 2.48. The van der Waals surface area contributed by atoms with Crippen LogP contribution in [0, 0.1) is 10.1 Å². The van der Waals surface area contributed by atoms with Crippen LogP contribution in [-0.2, 0) is 14.3 Å². The minimum Gasteiger partial charge on any atom is -0.493 e. The summed E-state index contributed by atoms with van der Waals surface area (Å²) in [5, 5.41) is 13.8. The first-order valence-electron chi connectivity index (χ1n) is 7.92. The molecule has 0 saturated carbocycles. The van der Waals surface area contributed by atoms with E-state index in [2.05, 4.69) is 5.32 Å². The summed E-state index contributed by atoms with van der Waals surface area (Å²) in [5.41, 5.74) is -0.841. The topological polar surface area (TPSA) is 126 Å². The van der Waals surface area contributed by atoms with Gasteiger partial charge < -0.3 is 24.3 Å². The highest BCUT2D eigenvalue weighted by Crippen LogP contribution is 2.34.